The topological polar surface area (TPSA) is 64.3 Å². The highest BCUT2D eigenvalue weighted by atomic mass is 19.1. The molecule has 1 saturated heterocycles. The predicted octanol–water partition coefficient (Wildman–Crippen LogP) is 2.40. The van der Waals surface area contributed by atoms with Crippen molar-refractivity contribution in [3.8, 4) is 6.07 Å². The van der Waals surface area contributed by atoms with Crippen molar-refractivity contribution in [3.63, 3.8) is 0 Å². The minimum atomic E-state index is -0.738. The summed E-state index contributed by atoms with van der Waals surface area (Å²) in [6.07, 6.45) is -0.0488. The second-order valence-corrected chi connectivity index (χ2v) is 6.18. The Kier molecular flexibility index (Phi) is 4.29. The third-order valence-electron chi connectivity index (χ3n) is 3.75. The summed E-state index contributed by atoms with van der Waals surface area (Å²) >= 11 is 0. The summed E-state index contributed by atoms with van der Waals surface area (Å²) in [5, 5.41) is 18.9. The van der Waals surface area contributed by atoms with E-state index in [2.05, 4.69) is 6.07 Å². The number of β-amino-alcohol motifs (C(OH)–C–C–N with tert-alkyl or cyclic N) is 1. The highest BCUT2D eigenvalue weighted by Crippen LogP contribution is 2.34. The van der Waals surface area contributed by atoms with Crippen LogP contribution in [0.4, 0.5) is 4.39 Å². The molecule has 1 N–H and O–H groups in total. The molecule has 5 heteroatoms. The van der Waals surface area contributed by atoms with Crippen molar-refractivity contribution in [1.82, 2.24) is 4.90 Å². The number of nitrogens with zero attached hydrogens (tertiary/aromatic N) is 2. The molecule has 1 aliphatic rings. The predicted molar refractivity (Wildman–Crippen MR) is 75.5 cm³/mol. The zero-order chi connectivity index (χ0) is 15.6. The number of halogens is 1. The third-order valence-corrected chi connectivity index (χ3v) is 3.75. The molecule has 0 aromatic heterocycles. The standard InChI is InChI=1S/C16H19FN2O2/c1-16(2,10-18)8-15(21)19-9-13(20)7-14(19)11-3-5-12(17)6-4-11/h3-6,13-14,20H,7-9H2,1-2H3/t13-,14+/m1/s1. The number of aliphatic hydroxyl groups excluding tert-OH is 1. The molecule has 4 nitrogen and oxygen atoms in total. The molecule has 0 aliphatic carbocycles. The van der Waals surface area contributed by atoms with Gasteiger partial charge >= 0.3 is 0 Å². The Morgan fingerprint density at radius 2 is 2.10 bits per heavy atom. The van der Waals surface area contributed by atoms with E-state index in [1.807, 2.05) is 0 Å². The number of likely N-dealkylation sites (tertiary alicyclic amines) is 1. The first-order chi connectivity index (χ1) is 9.82. The average Bonchev–Trinajstić information content (AvgIpc) is 2.81. The van der Waals surface area contributed by atoms with Gasteiger partial charge in [-0.1, -0.05) is 12.1 Å². The quantitative estimate of drug-likeness (QED) is 0.929. The molecule has 1 amide bonds. The Balaban J connectivity index is 2.19. The zero-order valence-electron chi connectivity index (χ0n) is 12.2. The molecule has 1 fully saturated rings. The fraction of sp³-hybridized carbons (Fsp3) is 0.500. The van der Waals surface area contributed by atoms with E-state index in [1.54, 1.807) is 30.9 Å². The molecule has 0 saturated carbocycles. The number of hydrogen-bond donors (Lipinski definition) is 1. The number of aliphatic hydroxyl groups is 1. The Hall–Kier alpha value is -1.93. The maximum Gasteiger partial charge on any atom is 0.224 e. The first kappa shape index (κ1) is 15.5. The molecule has 0 radical (unpaired) electrons. The minimum Gasteiger partial charge on any atom is -0.391 e. The van der Waals surface area contributed by atoms with Crippen LogP contribution in [0.25, 0.3) is 0 Å². The van der Waals surface area contributed by atoms with Gasteiger partial charge in [-0.15, -0.1) is 0 Å². The van der Waals surface area contributed by atoms with Crippen molar-refractivity contribution in [1.29, 1.82) is 5.26 Å². The molecular weight excluding hydrogens is 271 g/mol. The van der Waals surface area contributed by atoms with Gasteiger partial charge in [0.1, 0.15) is 5.82 Å². The molecule has 0 bridgehead atoms. The van der Waals surface area contributed by atoms with Gasteiger partial charge in [0.15, 0.2) is 0 Å². The van der Waals surface area contributed by atoms with E-state index in [-0.39, 0.29) is 30.7 Å². The molecule has 2 atom stereocenters. The van der Waals surface area contributed by atoms with Crippen molar-refractivity contribution in [2.75, 3.05) is 6.54 Å². The van der Waals surface area contributed by atoms with Crippen molar-refractivity contribution >= 4 is 5.91 Å². The maximum atomic E-state index is 13.0. The summed E-state index contributed by atoms with van der Waals surface area (Å²) in [4.78, 5) is 14.0. The number of rotatable bonds is 3. The van der Waals surface area contributed by atoms with Crippen LogP contribution in [-0.2, 0) is 4.79 Å². The largest absolute Gasteiger partial charge is 0.391 e. The first-order valence-electron chi connectivity index (χ1n) is 6.96. The maximum absolute atomic E-state index is 13.0. The Morgan fingerprint density at radius 3 is 2.67 bits per heavy atom. The molecular formula is C16H19FN2O2. The highest BCUT2D eigenvalue weighted by molar-refractivity contribution is 5.78. The monoisotopic (exact) mass is 290 g/mol. The molecule has 1 aliphatic heterocycles. The molecule has 1 heterocycles. The SMILES string of the molecule is CC(C)(C#N)CC(=O)N1C[C@H](O)C[C@H]1c1ccc(F)cc1. The van der Waals surface area contributed by atoms with Gasteiger partial charge in [0, 0.05) is 13.0 Å². The van der Waals surface area contributed by atoms with Crippen LogP contribution in [0.2, 0.25) is 0 Å². The summed E-state index contributed by atoms with van der Waals surface area (Å²) < 4.78 is 13.0. The number of carbonyl (C=O) groups is 1. The van der Waals surface area contributed by atoms with Gasteiger partial charge < -0.3 is 10.0 Å². The zero-order valence-corrected chi connectivity index (χ0v) is 12.2. The second-order valence-electron chi connectivity index (χ2n) is 6.18. The van der Waals surface area contributed by atoms with Crippen molar-refractivity contribution < 1.29 is 14.3 Å². The van der Waals surface area contributed by atoms with E-state index >= 15 is 0 Å². The summed E-state index contributed by atoms with van der Waals surface area (Å²) in [6.45, 7) is 3.68. The first-order valence-corrected chi connectivity index (χ1v) is 6.96. The van der Waals surface area contributed by atoms with Gasteiger partial charge in [0.05, 0.1) is 23.6 Å². The summed E-state index contributed by atoms with van der Waals surface area (Å²) in [5.74, 6) is -0.492. The van der Waals surface area contributed by atoms with Crippen LogP contribution in [0.15, 0.2) is 24.3 Å². The van der Waals surface area contributed by atoms with E-state index in [0.717, 1.165) is 5.56 Å². The Morgan fingerprint density at radius 1 is 1.48 bits per heavy atom. The molecule has 2 rings (SSSR count). The minimum absolute atomic E-state index is 0.105. The van der Waals surface area contributed by atoms with E-state index in [9.17, 15) is 14.3 Å². The smallest absolute Gasteiger partial charge is 0.224 e. The van der Waals surface area contributed by atoms with Gasteiger partial charge in [-0.05, 0) is 38.0 Å². The molecule has 0 unspecified atom stereocenters. The van der Waals surface area contributed by atoms with Gasteiger partial charge in [-0.3, -0.25) is 4.79 Å². The van der Waals surface area contributed by atoms with Gasteiger partial charge in [-0.2, -0.15) is 5.26 Å². The summed E-state index contributed by atoms with van der Waals surface area (Å²) in [5.41, 5.74) is 0.0638. The van der Waals surface area contributed by atoms with Crippen molar-refractivity contribution in [2.45, 2.75) is 38.8 Å². The number of carbonyl (C=O) groups excluding carboxylic acids is 1. The molecule has 112 valence electrons. The van der Waals surface area contributed by atoms with Crippen LogP contribution >= 0.6 is 0 Å². The van der Waals surface area contributed by atoms with Crippen molar-refractivity contribution in [3.05, 3.63) is 35.6 Å². The Labute approximate surface area is 123 Å². The lowest BCUT2D eigenvalue weighted by Crippen LogP contribution is -2.34. The lowest BCUT2D eigenvalue weighted by molar-refractivity contribution is -0.133. The highest BCUT2D eigenvalue weighted by Gasteiger charge is 2.37. The van der Waals surface area contributed by atoms with Crippen LogP contribution in [-0.4, -0.2) is 28.6 Å². The number of nitriles is 1. The van der Waals surface area contributed by atoms with E-state index in [1.165, 1.54) is 12.1 Å². The molecule has 21 heavy (non-hydrogen) atoms. The normalized spacial score (nSPS) is 22.1. The fourth-order valence-electron chi connectivity index (χ4n) is 2.61. The summed E-state index contributed by atoms with van der Waals surface area (Å²) in [7, 11) is 0. The van der Waals surface area contributed by atoms with Crippen LogP contribution < -0.4 is 0 Å². The van der Waals surface area contributed by atoms with Crippen molar-refractivity contribution in [2.24, 2.45) is 5.41 Å². The lowest BCUT2D eigenvalue weighted by Gasteiger charge is -2.27. The van der Waals surface area contributed by atoms with Gasteiger partial charge in [-0.25, -0.2) is 4.39 Å². The van der Waals surface area contributed by atoms with Gasteiger partial charge in [0.25, 0.3) is 0 Å². The lowest BCUT2D eigenvalue weighted by atomic mass is 9.90. The molecule has 1 aromatic rings. The third kappa shape index (κ3) is 3.59. The fourth-order valence-corrected chi connectivity index (χ4v) is 2.61. The molecule has 1 aromatic carbocycles. The van der Waals surface area contributed by atoms with Gasteiger partial charge in [0.2, 0.25) is 5.91 Å². The van der Waals surface area contributed by atoms with Crippen LogP contribution in [0.5, 0.6) is 0 Å². The van der Waals surface area contributed by atoms with Crippen LogP contribution in [0, 0.1) is 22.6 Å². The van der Waals surface area contributed by atoms with Crippen LogP contribution in [0.3, 0.4) is 0 Å². The Bertz CT molecular complexity index is 563. The van der Waals surface area contributed by atoms with E-state index in [0.29, 0.717) is 6.42 Å². The van der Waals surface area contributed by atoms with E-state index < -0.39 is 11.5 Å². The number of benzene rings is 1. The average molecular weight is 290 g/mol. The molecule has 0 spiro atoms. The second kappa shape index (κ2) is 5.82. The van der Waals surface area contributed by atoms with E-state index in [4.69, 9.17) is 5.26 Å². The number of hydrogen-bond acceptors (Lipinski definition) is 3. The summed E-state index contributed by atoms with van der Waals surface area (Å²) in [6, 6.07) is 7.81. The number of amides is 1. The van der Waals surface area contributed by atoms with Crippen LogP contribution in [0.1, 0.15) is 38.3 Å².